The molecule has 0 unspecified atom stereocenters. The summed E-state index contributed by atoms with van der Waals surface area (Å²) in [5.74, 6) is 0.608. The summed E-state index contributed by atoms with van der Waals surface area (Å²) in [6.45, 7) is 0.576. The van der Waals surface area contributed by atoms with Gasteiger partial charge in [-0.25, -0.2) is 13.1 Å². The first-order valence-electron chi connectivity index (χ1n) is 6.65. The average molecular weight is 285 g/mol. The van der Waals surface area contributed by atoms with E-state index >= 15 is 0 Å². The van der Waals surface area contributed by atoms with E-state index < -0.39 is 10.0 Å². The maximum absolute atomic E-state index is 12.0. The number of hydrogen-bond acceptors (Lipinski definition) is 4. The number of nitrogens with zero attached hydrogens (tertiary/aromatic N) is 2. The Kier molecular flexibility index (Phi) is 3.36. The van der Waals surface area contributed by atoms with E-state index in [4.69, 9.17) is 4.74 Å². The van der Waals surface area contributed by atoms with Gasteiger partial charge in [0, 0.05) is 19.9 Å². The highest BCUT2D eigenvalue weighted by atomic mass is 32.2. The molecule has 1 aromatic heterocycles. The predicted octanol–water partition coefficient (Wildman–Crippen LogP) is 0.579. The van der Waals surface area contributed by atoms with Crippen LogP contribution in [0.3, 0.4) is 0 Å². The molecule has 6 nitrogen and oxygen atoms in total. The van der Waals surface area contributed by atoms with Crippen LogP contribution in [-0.4, -0.2) is 36.6 Å². The lowest BCUT2D eigenvalue weighted by atomic mass is 10.1. The molecule has 7 heteroatoms. The van der Waals surface area contributed by atoms with E-state index in [9.17, 15) is 8.42 Å². The summed E-state index contributed by atoms with van der Waals surface area (Å²) in [6.07, 6.45) is 4.24. The molecule has 0 bridgehead atoms. The Hall–Kier alpha value is -0.920. The van der Waals surface area contributed by atoms with Crippen molar-refractivity contribution >= 4 is 10.0 Å². The van der Waals surface area contributed by atoms with E-state index in [1.54, 1.807) is 10.9 Å². The second-order valence-corrected chi connectivity index (χ2v) is 7.21. The van der Waals surface area contributed by atoms with Crippen molar-refractivity contribution in [2.75, 3.05) is 12.4 Å². The van der Waals surface area contributed by atoms with Crippen molar-refractivity contribution in [3.63, 3.8) is 0 Å². The van der Waals surface area contributed by atoms with Crippen molar-refractivity contribution in [1.82, 2.24) is 14.5 Å². The molecule has 106 valence electrons. The predicted molar refractivity (Wildman–Crippen MR) is 70.0 cm³/mol. The van der Waals surface area contributed by atoms with Gasteiger partial charge in [-0.15, -0.1) is 0 Å². The van der Waals surface area contributed by atoms with E-state index in [0.29, 0.717) is 18.9 Å². The summed E-state index contributed by atoms with van der Waals surface area (Å²) in [7, 11) is -1.36. The van der Waals surface area contributed by atoms with Gasteiger partial charge < -0.3 is 4.74 Å². The average Bonchev–Trinajstić information content (AvgIpc) is 2.84. The second kappa shape index (κ2) is 4.88. The van der Waals surface area contributed by atoms with E-state index in [1.165, 1.54) is 0 Å². The zero-order valence-electron chi connectivity index (χ0n) is 10.9. The molecule has 2 heterocycles. The zero-order valence-corrected chi connectivity index (χ0v) is 11.8. The Morgan fingerprint density at radius 1 is 1.47 bits per heavy atom. The third-order valence-corrected chi connectivity index (χ3v) is 5.30. The maximum atomic E-state index is 12.0. The summed E-state index contributed by atoms with van der Waals surface area (Å²) in [4.78, 5) is 0. The quantitative estimate of drug-likeness (QED) is 0.859. The van der Waals surface area contributed by atoms with Gasteiger partial charge in [0.25, 0.3) is 0 Å². The molecule has 1 saturated heterocycles. The van der Waals surface area contributed by atoms with Crippen molar-refractivity contribution in [1.29, 1.82) is 0 Å². The van der Waals surface area contributed by atoms with Crippen LogP contribution in [0.1, 0.15) is 31.1 Å². The third kappa shape index (κ3) is 2.98. The van der Waals surface area contributed by atoms with Crippen molar-refractivity contribution in [3.05, 3.63) is 18.0 Å². The standard InChI is InChI=1S/C12H19N3O3S/c1-15-11(4-6-13-15)12-10(5-7-18-12)14-19(16,17)8-9-2-3-9/h4,6,9-10,12,14H,2-3,5,7-8H2,1H3/t10-,12-/m0/s1. The van der Waals surface area contributed by atoms with E-state index in [0.717, 1.165) is 18.5 Å². The molecule has 0 aromatic carbocycles. The fourth-order valence-electron chi connectivity index (χ4n) is 2.54. The van der Waals surface area contributed by atoms with Gasteiger partial charge in [-0.3, -0.25) is 4.68 Å². The Bertz CT molecular complexity index is 550. The van der Waals surface area contributed by atoms with Gasteiger partial charge >= 0.3 is 0 Å². The highest BCUT2D eigenvalue weighted by molar-refractivity contribution is 7.89. The molecule has 1 aliphatic heterocycles. The normalized spacial score (nSPS) is 27.8. The molecule has 3 rings (SSSR count). The number of aromatic nitrogens is 2. The maximum Gasteiger partial charge on any atom is 0.212 e. The molecule has 1 N–H and O–H groups in total. The fourth-order valence-corrected chi connectivity index (χ4v) is 4.29. The molecule has 1 saturated carbocycles. The number of sulfonamides is 1. The molecule has 2 fully saturated rings. The van der Waals surface area contributed by atoms with Gasteiger partial charge in [0.15, 0.2) is 0 Å². The topological polar surface area (TPSA) is 73.2 Å². The minimum Gasteiger partial charge on any atom is -0.370 e. The zero-order chi connectivity index (χ0) is 13.5. The SMILES string of the molecule is Cn1nccc1[C@H]1OCC[C@@H]1NS(=O)(=O)CC1CC1. The molecule has 0 radical (unpaired) electrons. The van der Waals surface area contributed by atoms with Crippen LogP contribution in [0.2, 0.25) is 0 Å². The number of nitrogens with one attached hydrogen (secondary N) is 1. The number of aryl methyl sites for hydroxylation is 1. The van der Waals surface area contributed by atoms with Crippen LogP contribution in [0.5, 0.6) is 0 Å². The number of rotatable bonds is 5. The monoisotopic (exact) mass is 285 g/mol. The van der Waals surface area contributed by atoms with Gasteiger partial charge in [-0.1, -0.05) is 0 Å². The van der Waals surface area contributed by atoms with Crippen LogP contribution < -0.4 is 4.72 Å². The molecular formula is C12H19N3O3S. The molecule has 0 spiro atoms. The summed E-state index contributed by atoms with van der Waals surface area (Å²) < 4.78 is 34.3. The summed E-state index contributed by atoms with van der Waals surface area (Å²) in [5.41, 5.74) is 0.914. The van der Waals surface area contributed by atoms with Gasteiger partial charge in [-0.2, -0.15) is 5.10 Å². The molecular weight excluding hydrogens is 266 g/mol. The lowest BCUT2D eigenvalue weighted by Crippen LogP contribution is -2.39. The first-order valence-corrected chi connectivity index (χ1v) is 8.30. The van der Waals surface area contributed by atoms with E-state index in [1.807, 2.05) is 13.1 Å². The van der Waals surface area contributed by atoms with Crippen LogP contribution in [0, 0.1) is 5.92 Å². The van der Waals surface area contributed by atoms with Crippen molar-refractivity contribution < 1.29 is 13.2 Å². The smallest absolute Gasteiger partial charge is 0.212 e. The van der Waals surface area contributed by atoms with Crippen LogP contribution in [-0.2, 0) is 21.8 Å². The van der Waals surface area contributed by atoms with Crippen molar-refractivity contribution in [2.24, 2.45) is 13.0 Å². The minimum absolute atomic E-state index is 0.181. The Labute approximate surface area is 113 Å². The third-order valence-electron chi connectivity index (χ3n) is 3.73. The Balaban J connectivity index is 1.71. The number of hydrogen-bond donors (Lipinski definition) is 1. The fraction of sp³-hybridized carbons (Fsp3) is 0.750. The summed E-state index contributed by atoms with van der Waals surface area (Å²) >= 11 is 0. The van der Waals surface area contributed by atoms with Gasteiger partial charge in [0.05, 0.1) is 17.5 Å². The highest BCUT2D eigenvalue weighted by Gasteiger charge is 2.36. The van der Waals surface area contributed by atoms with Gasteiger partial charge in [0.2, 0.25) is 10.0 Å². The van der Waals surface area contributed by atoms with Crippen molar-refractivity contribution in [2.45, 2.75) is 31.4 Å². The number of ether oxygens (including phenoxy) is 1. The Morgan fingerprint density at radius 2 is 2.26 bits per heavy atom. The lowest BCUT2D eigenvalue weighted by molar-refractivity contribution is 0.0959. The Morgan fingerprint density at radius 3 is 2.89 bits per heavy atom. The van der Waals surface area contributed by atoms with Crippen molar-refractivity contribution in [3.8, 4) is 0 Å². The van der Waals surface area contributed by atoms with Crippen LogP contribution in [0.4, 0.5) is 0 Å². The minimum atomic E-state index is -3.20. The van der Waals surface area contributed by atoms with E-state index in [-0.39, 0.29) is 17.9 Å². The first kappa shape index (κ1) is 13.1. The van der Waals surface area contributed by atoms with Gasteiger partial charge in [-0.05, 0) is 31.2 Å². The molecule has 0 amide bonds. The van der Waals surface area contributed by atoms with Crippen LogP contribution in [0.25, 0.3) is 0 Å². The van der Waals surface area contributed by atoms with Crippen LogP contribution in [0.15, 0.2) is 12.3 Å². The highest BCUT2D eigenvalue weighted by Crippen LogP contribution is 2.32. The molecule has 1 aromatic rings. The lowest BCUT2D eigenvalue weighted by Gasteiger charge is -2.20. The molecule has 19 heavy (non-hydrogen) atoms. The van der Waals surface area contributed by atoms with Crippen LogP contribution >= 0.6 is 0 Å². The largest absolute Gasteiger partial charge is 0.370 e. The van der Waals surface area contributed by atoms with Gasteiger partial charge in [0.1, 0.15) is 6.10 Å². The second-order valence-electron chi connectivity index (χ2n) is 5.41. The van der Waals surface area contributed by atoms with E-state index in [2.05, 4.69) is 9.82 Å². The molecule has 1 aliphatic carbocycles. The first-order chi connectivity index (χ1) is 9.05. The summed E-state index contributed by atoms with van der Waals surface area (Å²) in [6, 6.07) is 1.69. The molecule has 2 aliphatic rings. The molecule has 2 atom stereocenters. The summed E-state index contributed by atoms with van der Waals surface area (Å²) in [5, 5.41) is 4.11.